The van der Waals surface area contributed by atoms with Crippen LogP contribution in [0.1, 0.15) is 24.8 Å². The number of sulfonamides is 1. The maximum absolute atomic E-state index is 13.9. The van der Waals surface area contributed by atoms with E-state index in [1.807, 2.05) is 37.4 Å². The summed E-state index contributed by atoms with van der Waals surface area (Å²) < 4.78 is 51.5. The molecule has 0 saturated carbocycles. The van der Waals surface area contributed by atoms with Crippen LogP contribution in [0.2, 0.25) is 0 Å². The number of rotatable bonds is 12. The summed E-state index contributed by atoms with van der Waals surface area (Å²) >= 11 is 0. The Morgan fingerprint density at radius 1 is 1.12 bits per heavy atom. The molecular formula is C30H40N2O8S. The molecule has 3 aliphatic rings. The molecule has 2 aromatic carbocycles. The van der Waals surface area contributed by atoms with Crippen LogP contribution in [0.5, 0.6) is 5.75 Å². The fourth-order valence-electron chi connectivity index (χ4n) is 6.05. The van der Waals surface area contributed by atoms with E-state index in [4.69, 9.17) is 18.9 Å². The smallest absolute Gasteiger partial charge is 0.306 e. The van der Waals surface area contributed by atoms with Crippen molar-refractivity contribution in [1.82, 2.24) is 9.21 Å². The van der Waals surface area contributed by atoms with Crippen molar-refractivity contribution in [2.24, 2.45) is 11.8 Å². The SMILES string of the molecule is COc1ccc(S(=O)(=O)N(C[C@@H](O)[C@@H](CC(=O)OC2CO[C@H]3OCCC23)Cc2ccccc2)C2CCN(C)C2)cc1. The van der Waals surface area contributed by atoms with Crippen molar-refractivity contribution in [2.75, 3.05) is 47.0 Å². The minimum Gasteiger partial charge on any atom is -0.497 e. The summed E-state index contributed by atoms with van der Waals surface area (Å²) in [4.78, 5) is 15.4. The largest absolute Gasteiger partial charge is 0.497 e. The highest BCUT2D eigenvalue weighted by molar-refractivity contribution is 7.89. The van der Waals surface area contributed by atoms with Gasteiger partial charge in [0.25, 0.3) is 0 Å². The Bertz CT molecular complexity index is 1260. The second-order valence-corrected chi connectivity index (χ2v) is 13.1. The van der Waals surface area contributed by atoms with Crippen LogP contribution < -0.4 is 4.74 Å². The molecule has 0 aliphatic carbocycles. The molecule has 0 amide bonds. The summed E-state index contributed by atoms with van der Waals surface area (Å²) in [5.41, 5.74) is 0.947. The van der Waals surface area contributed by atoms with Crippen LogP contribution >= 0.6 is 0 Å². The van der Waals surface area contributed by atoms with Gasteiger partial charge in [0.05, 0.1) is 43.7 Å². The zero-order valence-corrected chi connectivity index (χ0v) is 24.4. The number of fused-ring (bicyclic) bond motifs is 1. The van der Waals surface area contributed by atoms with Gasteiger partial charge in [-0.3, -0.25) is 4.79 Å². The molecule has 41 heavy (non-hydrogen) atoms. The van der Waals surface area contributed by atoms with E-state index >= 15 is 0 Å². The lowest BCUT2D eigenvalue weighted by atomic mass is 9.90. The van der Waals surface area contributed by atoms with Crippen LogP contribution in [-0.4, -0.2) is 100 Å². The Balaban J connectivity index is 1.35. The highest BCUT2D eigenvalue weighted by Crippen LogP contribution is 2.34. The van der Waals surface area contributed by atoms with Gasteiger partial charge in [-0.15, -0.1) is 0 Å². The molecule has 224 valence electrons. The number of methoxy groups -OCH3 is 1. The Labute approximate surface area is 242 Å². The van der Waals surface area contributed by atoms with Gasteiger partial charge >= 0.3 is 5.97 Å². The number of esters is 1. The molecule has 3 saturated heterocycles. The van der Waals surface area contributed by atoms with Crippen LogP contribution in [-0.2, 0) is 35.4 Å². The minimum atomic E-state index is -3.95. The van der Waals surface area contributed by atoms with Crippen LogP contribution in [0.15, 0.2) is 59.5 Å². The Morgan fingerprint density at radius 3 is 2.56 bits per heavy atom. The lowest BCUT2D eigenvalue weighted by Gasteiger charge is -2.33. The molecule has 11 heteroatoms. The Hall–Kier alpha value is -2.54. The van der Waals surface area contributed by atoms with E-state index in [0.29, 0.717) is 31.7 Å². The molecule has 3 unspecified atom stereocenters. The van der Waals surface area contributed by atoms with Gasteiger partial charge in [-0.1, -0.05) is 30.3 Å². The molecule has 6 atom stereocenters. The summed E-state index contributed by atoms with van der Waals surface area (Å²) in [5.74, 6) is -0.423. The van der Waals surface area contributed by atoms with Gasteiger partial charge in [-0.05, 0) is 62.7 Å². The van der Waals surface area contributed by atoms with Gasteiger partial charge in [0.15, 0.2) is 6.29 Å². The van der Waals surface area contributed by atoms with E-state index in [9.17, 15) is 18.3 Å². The summed E-state index contributed by atoms with van der Waals surface area (Å²) in [5, 5.41) is 11.6. The number of likely N-dealkylation sites (tertiary alicyclic amines) is 1. The lowest BCUT2D eigenvalue weighted by Crippen LogP contribution is -2.47. The molecule has 3 heterocycles. The summed E-state index contributed by atoms with van der Waals surface area (Å²) in [6, 6.07) is 15.6. The first kappa shape index (κ1) is 29.9. The fraction of sp³-hybridized carbons (Fsp3) is 0.567. The second kappa shape index (κ2) is 13.2. The maximum Gasteiger partial charge on any atom is 0.306 e. The average molecular weight is 589 g/mol. The van der Waals surface area contributed by atoms with Crippen LogP contribution in [0, 0.1) is 11.8 Å². The first-order chi connectivity index (χ1) is 19.7. The number of likely N-dealkylation sites (N-methyl/N-ethyl adjacent to an activating group) is 1. The number of carbonyl (C=O) groups excluding carboxylic acids is 1. The van der Waals surface area contributed by atoms with Gasteiger partial charge in [-0.25, -0.2) is 8.42 Å². The van der Waals surface area contributed by atoms with E-state index in [2.05, 4.69) is 4.90 Å². The number of aliphatic hydroxyl groups excluding tert-OH is 1. The lowest BCUT2D eigenvalue weighted by molar-refractivity contribution is -0.153. The first-order valence-electron chi connectivity index (χ1n) is 14.2. The molecule has 0 radical (unpaired) electrons. The minimum absolute atomic E-state index is 0.0148. The molecule has 0 aromatic heterocycles. The summed E-state index contributed by atoms with van der Waals surface area (Å²) in [7, 11) is -0.467. The van der Waals surface area contributed by atoms with Crippen molar-refractivity contribution < 1.29 is 37.3 Å². The summed E-state index contributed by atoms with van der Waals surface area (Å²) in [6.07, 6.45) is -0.0576. The molecule has 0 spiro atoms. The molecule has 3 aliphatic heterocycles. The van der Waals surface area contributed by atoms with Crippen LogP contribution in [0.25, 0.3) is 0 Å². The average Bonchev–Trinajstić information content (AvgIpc) is 3.71. The number of hydrogen-bond donors (Lipinski definition) is 1. The molecule has 5 rings (SSSR count). The van der Waals surface area contributed by atoms with Gasteiger partial charge in [-0.2, -0.15) is 4.31 Å². The first-order valence-corrected chi connectivity index (χ1v) is 15.7. The number of benzene rings is 2. The number of carbonyl (C=O) groups is 1. The number of aliphatic hydroxyl groups is 1. The third-order valence-electron chi connectivity index (χ3n) is 8.39. The number of nitrogens with zero attached hydrogens (tertiary/aromatic N) is 2. The van der Waals surface area contributed by atoms with Crippen molar-refractivity contribution >= 4 is 16.0 Å². The predicted octanol–water partition coefficient (Wildman–Crippen LogP) is 2.30. The number of ether oxygens (including phenoxy) is 4. The molecule has 10 nitrogen and oxygen atoms in total. The standard InChI is InChI=1S/C30H40N2O8S/c1-31-14-12-23(18-31)32(41(35,36)25-10-8-24(37-2)9-11-25)19-27(33)22(16-21-6-4-3-5-7-21)17-29(34)40-28-20-39-30-26(28)13-15-38-30/h3-11,22-23,26-28,30,33H,12-20H2,1-2H3/t22-,23?,26?,27-,28?,30-/m1/s1. The van der Waals surface area contributed by atoms with E-state index in [1.165, 1.54) is 23.5 Å². The van der Waals surface area contributed by atoms with Crippen molar-refractivity contribution in [1.29, 1.82) is 0 Å². The van der Waals surface area contributed by atoms with Gasteiger partial charge in [0, 0.05) is 25.0 Å². The molecular weight excluding hydrogens is 548 g/mol. The monoisotopic (exact) mass is 588 g/mol. The van der Waals surface area contributed by atoms with Crippen LogP contribution in [0.4, 0.5) is 0 Å². The van der Waals surface area contributed by atoms with Gasteiger partial charge in [0.1, 0.15) is 11.9 Å². The predicted molar refractivity (Wildman–Crippen MR) is 151 cm³/mol. The Kier molecular flexibility index (Phi) is 9.63. The second-order valence-electron chi connectivity index (χ2n) is 11.2. The van der Waals surface area contributed by atoms with Crippen molar-refractivity contribution in [3.63, 3.8) is 0 Å². The third kappa shape index (κ3) is 7.10. The van der Waals surface area contributed by atoms with Crippen molar-refractivity contribution in [3.05, 3.63) is 60.2 Å². The van der Waals surface area contributed by atoms with Crippen molar-refractivity contribution in [2.45, 2.75) is 55.1 Å². The molecule has 3 fully saturated rings. The van der Waals surface area contributed by atoms with Crippen molar-refractivity contribution in [3.8, 4) is 5.75 Å². The zero-order valence-electron chi connectivity index (χ0n) is 23.6. The molecule has 0 bridgehead atoms. The fourth-order valence-corrected chi connectivity index (χ4v) is 7.71. The maximum atomic E-state index is 13.9. The molecule has 2 aromatic rings. The summed E-state index contributed by atoms with van der Waals surface area (Å²) in [6.45, 7) is 2.04. The van der Waals surface area contributed by atoms with E-state index < -0.39 is 28.0 Å². The topological polar surface area (TPSA) is 115 Å². The number of hydrogen-bond acceptors (Lipinski definition) is 9. The van der Waals surface area contributed by atoms with E-state index in [0.717, 1.165) is 18.5 Å². The zero-order chi connectivity index (χ0) is 29.0. The van der Waals surface area contributed by atoms with Crippen LogP contribution in [0.3, 0.4) is 0 Å². The third-order valence-corrected chi connectivity index (χ3v) is 10.3. The highest BCUT2D eigenvalue weighted by Gasteiger charge is 2.44. The quantitative estimate of drug-likeness (QED) is 0.373. The normalized spacial score (nSPS) is 26.1. The van der Waals surface area contributed by atoms with E-state index in [1.54, 1.807) is 12.1 Å². The Morgan fingerprint density at radius 2 is 1.88 bits per heavy atom. The van der Waals surface area contributed by atoms with Gasteiger partial charge in [0.2, 0.25) is 10.0 Å². The van der Waals surface area contributed by atoms with Gasteiger partial charge < -0.3 is 29.0 Å². The van der Waals surface area contributed by atoms with E-state index in [-0.39, 0.29) is 48.8 Å². The highest BCUT2D eigenvalue weighted by atomic mass is 32.2. The molecule has 1 N–H and O–H groups in total.